The summed E-state index contributed by atoms with van der Waals surface area (Å²) in [6.45, 7) is 1.87. The Morgan fingerprint density at radius 2 is 1.89 bits per heavy atom. The Balaban J connectivity index is 1.43. The summed E-state index contributed by atoms with van der Waals surface area (Å²) in [5, 5.41) is 16.1. The zero-order valence-electron chi connectivity index (χ0n) is 15.8. The largest absolute Gasteiger partial charge is 0.497 e. The summed E-state index contributed by atoms with van der Waals surface area (Å²) in [7, 11) is 1.64. The van der Waals surface area contributed by atoms with Crippen molar-refractivity contribution in [3.8, 4) is 5.75 Å². The lowest BCUT2D eigenvalue weighted by Crippen LogP contribution is -2.60. The second kappa shape index (κ2) is 5.78. The molecule has 142 valence electrons. The van der Waals surface area contributed by atoms with Crippen LogP contribution < -0.4 is 10.1 Å². The molecule has 27 heavy (non-hydrogen) atoms. The predicted octanol–water partition coefficient (Wildman–Crippen LogP) is 2.92. The molecule has 1 amide bonds. The summed E-state index contributed by atoms with van der Waals surface area (Å²) in [5.74, 6) is 2.76. The zero-order valence-corrected chi connectivity index (χ0v) is 15.8. The van der Waals surface area contributed by atoms with Gasteiger partial charge in [-0.15, -0.1) is 10.2 Å². The Bertz CT molecular complexity index is 861. The Labute approximate surface area is 158 Å². The highest BCUT2D eigenvalue weighted by atomic mass is 16.5. The van der Waals surface area contributed by atoms with Crippen LogP contribution in [-0.2, 0) is 10.3 Å². The Morgan fingerprint density at radius 3 is 2.48 bits per heavy atom. The van der Waals surface area contributed by atoms with E-state index < -0.39 is 0 Å². The third-order valence-electron chi connectivity index (χ3n) is 6.80. The molecule has 4 atom stereocenters. The topological polar surface area (TPSA) is 81.9 Å². The van der Waals surface area contributed by atoms with Crippen molar-refractivity contribution < 1.29 is 9.53 Å². The minimum absolute atomic E-state index is 0.142. The summed E-state index contributed by atoms with van der Waals surface area (Å²) in [5.41, 5.74) is 0.342. The molecule has 0 spiro atoms. The summed E-state index contributed by atoms with van der Waals surface area (Å²) in [6, 6.07) is 7.54. The fourth-order valence-electron chi connectivity index (χ4n) is 6.14. The number of tetrazole rings is 1. The van der Waals surface area contributed by atoms with E-state index in [1.54, 1.807) is 7.11 Å². The highest BCUT2D eigenvalue weighted by molar-refractivity contribution is 5.95. The SMILES string of the molecule is COc1ccc(NC(=O)C23C[C@H]4C[C@@H](C2)CC(n2nnc(C)n2)(C4)C3)cc1. The highest BCUT2D eigenvalue weighted by Crippen LogP contribution is 2.64. The molecular formula is C20H25N5O2. The molecule has 4 aliphatic carbocycles. The van der Waals surface area contributed by atoms with E-state index in [0.717, 1.165) is 43.5 Å². The third kappa shape index (κ3) is 2.63. The van der Waals surface area contributed by atoms with E-state index in [1.165, 1.54) is 6.42 Å². The summed E-state index contributed by atoms with van der Waals surface area (Å²) < 4.78 is 5.20. The van der Waals surface area contributed by atoms with Crippen LogP contribution in [0.15, 0.2) is 24.3 Å². The number of carbonyl (C=O) groups is 1. The lowest BCUT2D eigenvalue weighted by molar-refractivity contribution is -0.152. The summed E-state index contributed by atoms with van der Waals surface area (Å²) >= 11 is 0. The number of anilines is 1. The molecular weight excluding hydrogens is 342 g/mol. The molecule has 4 aliphatic rings. The number of carbonyl (C=O) groups excluding carboxylic acids is 1. The first-order chi connectivity index (χ1) is 13.0. The van der Waals surface area contributed by atoms with Gasteiger partial charge in [0, 0.05) is 5.69 Å². The van der Waals surface area contributed by atoms with Gasteiger partial charge in [-0.2, -0.15) is 4.80 Å². The van der Waals surface area contributed by atoms with E-state index in [9.17, 15) is 4.79 Å². The third-order valence-corrected chi connectivity index (χ3v) is 6.80. The molecule has 2 aromatic rings. The number of nitrogens with zero attached hydrogens (tertiary/aromatic N) is 4. The highest BCUT2D eigenvalue weighted by Gasteiger charge is 2.62. The number of rotatable bonds is 4. The van der Waals surface area contributed by atoms with Gasteiger partial charge in [0.05, 0.1) is 18.1 Å². The van der Waals surface area contributed by atoms with Crippen molar-refractivity contribution in [2.45, 2.75) is 51.0 Å². The molecule has 7 heteroatoms. The van der Waals surface area contributed by atoms with Crippen molar-refractivity contribution in [1.29, 1.82) is 0 Å². The van der Waals surface area contributed by atoms with Gasteiger partial charge in [-0.1, -0.05) is 0 Å². The average Bonchev–Trinajstić information content (AvgIpc) is 3.09. The van der Waals surface area contributed by atoms with Crippen LogP contribution in [0.2, 0.25) is 0 Å². The first kappa shape index (κ1) is 16.7. The van der Waals surface area contributed by atoms with Gasteiger partial charge < -0.3 is 10.1 Å². The molecule has 0 aliphatic heterocycles. The molecule has 4 bridgehead atoms. The number of aryl methyl sites for hydroxylation is 1. The smallest absolute Gasteiger partial charge is 0.230 e. The van der Waals surface area contributed by atoms with E-state index in [0.29, 0.717) is 17.7 Å². The number of aromatic nitrogens is 4. The van der Waals surface area contributed by atoms with Crippen LogP contribution in [-0.4, -0.2) is 33.2 Å². The van der Waals surface area contributed by atoms with Gasteiger partial charge in [-0.3, -0.25) is 4.79 Å². The summed E-state index contributed by atoms with van der Waals surface area (Å²) in [4.78, 5) is 15.2. The van der Waals surface area contributed by atoms with E-state index in [-0.39, 0.29) is 16.9 Å². The zero-order chi connectivity index (χ0) is 18.6. The van der Waals surface area contributed by atoms with Crippen LogP contribution in [0, 0.1) is 24.2 Å². The van der Waals surface area contributed by atoms with Crippen molar-refractivity contribution in [3.05, 3.63) is 30.1 Å². The number of amides is 1. The molecule has 0 radical (unpaired) electrons. The van der Waals surface area contributed by atoms with E-state index in [1.807, 2.05) is 36.0 Å². The van der Waals surface area contributed by atoms with Crippen LogP contribution in [0.25, 0.3) is 0 Å². The number of benzene rings is 1. The lowest BCUT2D eigenvalue weighted by Gasteiger charge is -2.60. The van der Waals surface area contributed by atoms with Crippen molar-refractivity contribution in [1.82, 2.24) is 20.2 Å². The monoisotopic (exact) mass is 367 g/mol. The first-order valence-electron chi connectivity index (χ1n) is 9.73. The molecule has 1 N–H and O–H groups in total. The van der Waals surface area contributed by atoms with Gasteiger partial charge in [0.2, 0.25) is 5.91 Å². The van der Waals surface area contributed by atoms with Crippen molar-refractivity contribution in [3.63, 3.8) is 0 Å². The van der Waals surface area contributed by atoms with Gasteiger partial charge in [0.25, 0.3) is 0 Å². The van der Waals surface area contributed by atoms with Crippen molar-refractivity contribution >= 4 is 11.6 Å². The van der Waals surface area contributed by atoms with Crippen LogP contribution in [0.4, 0.5) is 5.69 Å². The fourth-order valence-corrected chi connectivity index (χ4v) is 6.14. The van der Waals surface area contributed by atoms with Gasteiger partial charge in [-0.25, -0.2) is 0 Å². The first-order valence-corrected chi connectivity index (χ1v) is 9.73. The van der Waals surface area contributed by atoms with E-state index >= 15 is 0 Å². The molecule has 6 rings (SSSR count). The summed E-state index contributed by atoms with van der Waals surface area (Å²) in [6.07, 6.45) is 6.12. The average molecular weight is 367 g/mol. The molecule has 0 saturated heterocycles. The number of hydrogen-bond acceptors (Lipinski definition) is 5. The Morgan fingerprint density at radius 1 is 1.19 bits per heavy atom. The van der Waals surface area contributed by atoms with Crippen LogP contribution in [0.1, 0.15) is 44.3 Å². The minimum atomic E-state index is -0.328. The lowest BCUT2D eigenvalue weighted by atomic mass is 9.46. The van der Waals surface area contributed by atoms with Gasteiger partial charge >= 0.3 is 0 Å². The van der Waals surface area contributed by atoms with Crippen LogP contribution >= 0.6 is 0 Å². The van der Waals surface area contributed by atoms with Crippen molar-refractivity contribution in [2.75, 3.05) is 12.4 Å². The number of hydrogen-bond donors (Lipinski definition) is 1. The van der Waals surface area contributed by atoms with Gasteiger partial charge in [-0.05, 0) is 86.8 Å². The standard InChI is InChI=1S/C20H25N5O2/c1-13-22-24-25(23-13)20-10-14-7-15(11-20)9-19(8-14,12-20)18(26)21-16-3-5-17(27-2)6-4-16/h3-6,14-15H,7-12H2,1-2H3,(H,21,26)/t14-,15+,19?,20?. The van der Waals surface area contributed by atoms with Gasteiger partial charge in [0.15, 0.2) is 5.82 Å². The fraction of sp³-hybridized carbons (Fsp3) is 0.600. The second-order valence-corrected chi connectivity index (χ2v) is 8.77. The predicted molar refractivity (Wildman–Crippen MR) is 99.3 cm³/mol. The molecule has 7 nitrogen and oxygen atoms in total. The number of ether oxygens (including phenoxy) is 1. The number of nitrogens with one attached hydrogen (secondary N) is 1. The Hall–Kier alpha value is -2.44. The molecule has 2 unspecified atom stereocenters. The Kier molecular flexibility index (Phi) is 3.58. The molecule has 1 heterocycles. The molecule has 1 aromatic carbocycles. The molecule has 4 fully saturated rings. The van der Waals surface area contributed by atoms with Crippen LogP contribution in [0.3, 0.4) is 0 Å². The second-order valence-electron chi connectivity index (χ2n) is 8.77. The number of methoxy groups -OCH3 is 1. The maximum Gasteiger partial charge on any atom is 0.230 e. The van der Waals surface area contributed by atoms with E-state index in [2.05, 4.69) is 20.7 Å². The van der Waals surface area contributed by atoms with Gasteiger partial charge in [0.1, 0.15) is 5.75 Å². The quantitative estimate of drug-likeness (QED) is 0.898. The van der Waals surface area contributed by atoms with Crippen molar-refractivity contribution in [2.24, 2.45) is 17.3 Å². The maximum atomic E-state index is 13.4. The normalized spacial score (nSPS) is 33.9. The minimum Gasteiger partial charge on any atom is -0.497 e. The molecule has 1 aromatic heterocycles. The van der Waals surface area contributed by atoms with Crippen LogP contribution in [0.5, 0.6) is 5.75 Å². The maximum absolute atomic E-state index is 13.4. The molecule has 4 saturated carbocycles. The van der Waals surface area contributed by atoms with E-state index in [4.69, 9.17) is 4.74 Å².